The quantitative estimate of drug-likeness (QED) is 0.695. The normalized spacial score (nSPS) is 16.2. The number of nitrogens with zero attached hydrogens (tertiary/aromatic N) is 1. The molecule has 1 aliphatic rings. The molecule has 0 spiro atoms. The SMILES string of the molecule is CN(C(=O)OCc1ccccc1)[C@H]1CCc2cc(I)ccc2O1. The molecule has 0 aliphatic carbocycles. The largest absolute Gasteiger partial charge is 0.470 e. The zero-order valence-corrected chi connectivity index (χ0v) is 15.0. The molecule has 2 aromatic carbocycles. The molecule has 0 N–H and O–H groups in total. The second kappa shape index (κ2) is 7.21. The minimum Gasteiger partial charge on any atom is -0.470 e. The lowest BCUT2D eigenvalue weighted by Gasteiger charge is -2.32. The van der Waals surface area contributed by atoms with E-state index in [-0.39, 0.29) is 18.9 Å². The average Bonchev–Trinajstić information content (AvgIpc) is 2.59. The Balaban J connectivity index is 1.59. The van der Waals surface area contributed by atoms with E-state index in [0.717, 1.165) is 24.2 Å². The van der Waals surface area contributed by atoms with Crippen molar-refractivity contribution in [3.05, 3.63) is 63.2 Å². The molecule has 120 valence electrons. The Morgan fingerprint density at radius 3 is 2.87 bits per heavy atom. The van der Waals surface area contributed by atoms with Gasteiger partial charge >= 0.3 is 6.09 Å². The zero-order chi connectivity index (χ0) is 16.2. The Bertz CT molecular complexity index is 690. The van der Waals surface area contributed by atoms with Gasteiger partial charge in [0.15, 0.2) is 6.23 Å². The highest BCUT2D eigenvalue weighted by atomic mass is 127. The third-order valence-electron chi connectivity index (χ3n) is 3.87. The number of fused-ring (bicyclic) bond motifs is 1. The van der Waals surface area contributed by atoms with Crippen LogP contribution in [0.25, 0.3) is 0 Å². The van der Waals surface area contributed by atoms with E-state index in [1.807, 2.05) is 42.5 Å². The number of halogens is 1. The van der Waals surface area contributed by atoms with Crippen LogP contribution in [0.2, 0.25) is 0 Å². The van der Waals surface area contributed by atoms with Gasteiger partial charge in [0.05, 0.1) is 0 Å². The van der Waals surface area contributed by atoms with Crippen molar-refractivity contribution in [2.24, 2.45) is 0 Å². The molecule has 0 fully saturated rings. The highest BCUT2D eigenvalue weighted by Crippen LogP contribution is 2.30. The van der Waals surface area contributed by atoms with E-state index in [1.165, 1.54) is 14.0 Å². The van der Waals surface area contributed by atoms with Gasteiger partial charge in [0, 0.05) is 17.0 Å². The topological polar surface area (TPSA) is 38.8 Å². The van der Waals surface area contributed by atoms with Gasteiger partial charge in [-0.05, 0) is 58.3 Å². The fourth-order valence-electron chi connectivity index (χ4n) is 2.55. The van der Waals surface area contributed by atoms with Crippen molar-refractivity contribution in [2.75, 3.05) is 7.05 Å². The van der Waals surface area contributed by atoms with Crippen LogP contribution < -0.4 is 4.74 Å². The number of carbonyl (C=O) groups is 1. The van der Waals surface area contributed by atoms with Gasteiger partial charge in [0.1, 0.15) is 12.4 Å². The summed E-state index contributed by atoms with van der Waals surface area (Å²) < 4.78 is 12.5. The maximum absolute atomic E-state index is 12.2. The van der Waals surface area contributed by atoms with Gasteiger partial charge in [-0.3, -0.25) is 4.90 Å². The van der Waals surface area contributed by atoms with Crippen molar-refractivity contribution >= 4 is 28.7 Å². The first-order chi connectivity index (χ1) is 11.1. The molecule has 0 saturated carbocycles. The van der Waals surface area contributed by atoms with Gasteiger partial charge in [-0.25, -0.2) is 4.79 Å². The van der Waals surface area contributed by atoms with Crippen LogP contribution in [0.4, 0.5) is 4.79 Å². The van der Waals surface area contributed by atoms with Gasteiger partial charge in [0.25, 0.3) is 0 Å². The number of benzene rings is 2. The molecule has 23 heavy (non-hydrogen) atoms. The van der Waals surface area contributed by atoms with Gasteiger partial charge < -0.3 is 9.47 Å². The molecule has 0 radical (unpaired) electrons. The Morgan fingerprint density at radius 1 is 1.30 bits per heavy atom. The molecule has 0 unspecified atom stereocenters. The third-order valence-corrected chi connectivity index (χ3v) is 4.54. The molecular weight excluding hydrogens is 405 g/mol. The maximum Gasteiger partial charge on any atom is 0.412 e. The van der Waals surface area contributed by atoms with Crippen LogP contribution in [0.3, 0.4) is 0 Å². The fraction of sp³-hybridized carbons (Fsp3) is 0.278. The fourth-order valence-corrected chi connectivity index (χ4v) is 3.11. The van der Waals surface area contributed by atoms with Gasteiger partial charge in [-0.15, -0.1) is 0 Å². The minimum absolute atomic E-state index is 0.269. The molecule has 1 amide bonds. The van der Waals surface area contributed by atoms with Crippen LogP contribution in [0.5, 0.6) is 5.75 Å². The maximum atomic E-state index is 12.2. The van der Waals surface area contributed by atoms with Gasteiger partial charge in [-0.2, -0.15) is 0 Å². The van der Waals surface area contributed by atoms with E-state index in [2.05, 4.69) is 28.7 Å². The summed E-state index contributed by atoms with van der Waals surface area (Å²) in [5.74, 6) is 0.851. The van der Waals surface area contributed by atoms with E-state index in [1.54, 1.807) is 7.05 Å². The van der Waals surface area contributed by atoms with E-state index >= 15 is 0 Å². The summed E-state index contributed by atoms with van der Waals surface area (Å²) in [6.45, 7) is 0.269. The molecule has 4 nitrogen and oxygen atoms in total. The molecule has 1 aliphatic heterocycles. The third kappa shape index (κ3) is 3.96. The van der Waals surface area contributed by atoms with Crippen molar-refractivity contribution in [1.82, 2.24) is 4.90 Å². The minimum atomic E-state index is -0.368. The summed E-state index contributed by atoms with van der Waals surface area (Å²) in [7, 11) is 1.72. The number of amides is 1. The van der Waals surface area contributed by atoms with Crippen LogP contribution in [0.15, 0.2) is 48.5 Å². The number of rotatable bonds is 3. The predicted molar refractivity (Wildman–Crippen MR) is 96.3 cm³/mol. The van der Waals surface area contributed by atoms with Crippen LogP contribution in [-0.2, 0) is 17.8 Å². The van der Waals surface area contributed by atoms with Crippen molar-refractivity contribution in [2.45, 2.75) is 25.7 Å². The first kappa shape index (κ1) is 16.1. The Morgan fingerprint density at radius 2 is 2.09 bits per heavy atom. The molecule has 0 saturated heterocycles. The summed E-state index contributed by atoms with van der Waals surface area (Å²) in [5, 5.41) is 0. The Labute approximate surface area is 149 Å². The summed E-state index contributed by atoms with van der Waals surface area (Å²) in [5.41, 5.74) is 2.16. The van der Waals surface area contributed by atoms with Crippen molar-refractivity contribution in [3.63, 3.8) is 0 Å². The number of ether oxygens (including phenoxy) is 2. The summed E-state index contributed by atoms with van der Waals surface area (Å²) in [4.78, 5) is 13.7. The molecule has 5 heteroatoms. The Kier molecular flexibility index (Phi) is 5.05. The van der Waals surface area contributed by atoms with E-state index in [9.17, 15) is 4.79 Å². The predicted octanol–water partition coefficient (Wildman–Crippen LogP) is 4.21. The van der Waals surface area contributed by atoms with Crippen molar-refractivity contribution in [1.29, 1.82) is 0 Å². The highest BCUT2D eigenvalue weighted by Gasteiger charge is 2.27. The second-order valence-corrected chi connectivity index (χ2v) is 6.76. The highest BCUT2D eigenvalue weighted by molar-refractivity contribution is 14.1. The number of hydrogen-bond acceptors (Lipinski definition) is 3. The molecule has 2 aromatic rings. The summed E-state index contributed by atoms with van der Waals surface area (Å²) >= 11 is 2.29. The number of aryl methyl sites for hydroxylation is 1. The molecule has 1 atom stereocenters. The standard InChI is InChI=1S/C18H18INO3/c1-20(18(21)22-12-13-5-3-2-4-6-13)17-10-7-14-11-15(19)8-9-16(14)23-17/h2-6,8-9,11,17H,7,10,12H2,1H3/t17-/m1/s1. The molecule has 0 aromatic heterocycles. The lowest BCUT2D eigenvalue weighted by Crippen LogP contribution is -2.43. The van der Waals surface area contributed by atoms with Crippen LogP contribution >= 0.6 is 22.6 Å². The lowest BCUT2D eigenvalue weighted by atomic mass is 10.1. The van der Waals surface area contributed by atoms with Gasteiger partial charge in [-0.1, -0.05) is 30.3 Å². The van der Waals surface area contributed by atoms with E-state index < -0.39 is 0 Å². The Hall–Kier alpha value is -1.76. The van der Waals surface area contributed by atoms with Crippen molar-refractivity contribution < 1.29 is 14.3 Å². The summed E-state index contributed by atoms with van der Waals surface area (Å²) in [6, 6.07) is 15.8. The lowest BCUT2D eigenvalue weighted by molar-refractivity contribution is 0.0152. The molecule has 0 bridgehead atoms. The van der Waals surface area contributed by atoms with Crippen LogP contribution in [0, 0.1) is 3.57 Å². The number of hydrogen-bond donors (Lipinski definition) is 0. The monoisotopic (exact) mass is 423 g/mol. The average molecular weight is 423 g/mol. The number of carbonyl (C=O) groups excluding carboxylic acids is 1. The van der Waals surface area contributed by atoms with E-state index in [0.29, 0.717) is 0 Å². The van der Waals surface area contributed by atoms with Crippen LogP contribution in [0.1, 0.15) is 17.5 Å². The summed E-state index contributed by atoms with van der Waals surface area (Å²) in [6.07, 6.45) is 1.01. The van der Waals surface area contributed by atoms with Crippen LogP contribution in [-0.4, -0.2) is 24.3 Å². The first-order valence-corrected chi connectivity index (χ1v) is 8.60. The van der Waals surface area contributed by atoms with Gasteiger partial charge in [0.2, 0.25) is 0 Å². The molecule has 3 rings (SSSR count). The second-order valence-electron chi connectivity index (χ2n) is 5.51. The van der Waals surface area contributed by atoms with E-state index in [4.69, 9.17) is 9.47 Å². The molecular formula is C18H18INO3. The van der Waals surface area contributed by atoms with Crippen molar-refractivity contribution in [3.8, 4) is 5.75 Å². The smallest absolute Gasteiger partial charge is 0.412 e. The first-order valence-electron chi connectivity index (χ1n) is 7.52. The molecule has 1 heterocycles. The zero-order valence-electron chi connectivity index (χ0n) is 12.9.